The van der Waals surface area contributed by atoms with Gasteiger partial charge in [0.15, 0.2) is 17.2 Å². The van der Waals surface area contributed by atoms with Crippen LogP contribution < -0.4 is 51.3 Å². The molecule has 25 nitrogen and oxygen atoms in total. The number of imide groups is 1. The summed E-state index contributed by atoms with van der Waals surface area (Å²) in [6.45, 7) is 5.74. The molecule has 25 heteroatoms. The van der Waals surface area contributed by atoms with Crippen molar-refractivity contribution in [2.75, 3.05) is 45.8 Å². The van der Waals surface area contributed by atoms with E-state index in [2.05, 4.69) is 31.6 Å². The fourth-order valence-corrected chi connectivity index (χ4v) is 9.15. The van der Waals surface area contributed by atoms with Crippen molar-refractivity contribution < 1.29 is 72.0 Å². The van der Waals surface area contributed by atoms with Crippen LogP contribution in [0.1, 0.15) is 112 Å². The molecule has 436 valence electrons. The van der Waals surface area contributed by atoms with Gasteiger partial charge < -0.3 is 66.2 Å². The molecule has 0 saturated carbocycles. The van der Waals surface area contributed by atoms with Gasteiger partial charge in [-0.25, -0.2) is 9.78 Å². The summed E-state index contributed by atoms with van der Waals surface area (Å²) in [5.74, 6) is -2.75. The number of pyridine rings is 1. The third-order valence-corrected chi connectivity index (χ3v) is 13.6. The molecule has 0 unspecified atom stereocenters. The Morgan fingerprint density at radius 1 is 0.667 bits per heavy atom. The molecule has 0 saturated heterocycles. The number of aliphatic carboxylic acids is 1. The third-order valence-electron chi connectivity index (χ3n) is 13.6. The lowest BCUT2D eigenvalue weighted by molar-refractivity contribution is -0.141. The van der Waals surface area contributed by atoms with Crippen molar-refractivity contribution in [2.24, 2.45) is 11.7 Å². The highest BCUT2D eigenvalue weighted by molar-refractivity contribution is 6.12. The van der Waals surface area contributed by atoms with Gasteiger partial charge in [0.05, 0.1) is 46.1 Å². The first kappa shape index (κ1) is 61.4. The summed E-state index contributed by atoms with van der Waals surface area (Å²) in [5.41, 5.74) is 9.54. The number of carbonyl (C=O) groups excluding carboxylic acids is 9. The van der Waals surface area contributed by atoms with Crippen molar-refractivity contribution in [3.8, 4) is 23.1 Å². The van der Waals surface area contributed by atoms with Gasteiger partial charge in [-0.05, 0) is 84.2 Å². The molecule has 2 atom stereocenters. The minimum atomic E-state index is -1.06. The molecule has 0 radical (unpaired) electrons. The summed E-state index contributed by atoms with van der Waals surface area (Å²) in [5, 5.41) is 22.6. The number of amides is 10. The van der Waals surface area contributed by atoms with Crippen molar-refractivity contribution in [3.63, 3.8) is 0 Å². The van der Waals surface area contributed by atoms with Crippen LogP contribution >= 0.6 is 0 Å². The second-order valence-electron chi connectivity index (χ2n) is 20.0. The van der Waals surface area contributed by atoms with Crippen LogP contribution in [0.5, 0.6) is 23.1 Å². The molecule has 1 aromatic heterocycles. The number of nitrogens with zero attached hydrogens (tertiary/aromatic N) is 4. The Bertz CT molecular complexity index is 2820. The summed E-state index contributed by atoms with van der Waals surface area (Å²) in [6, 6.07) is 9.34. The molecule has 8 N–H and O–H groups in total. The van der Waals surface area contributed by atoms with Crippen LogP contribution in [0.15, 0.2) is 54.6 Å². The molecule has 3 aliphatic heterocycles. The number of primary amides is 1. The van der Waals surface area contributed by atoms with Crippen LogP contribution in [-0.2, 0) is 75.9 Å². The first-order valence-electron chi connectivity index (χ1n) is 26.9. The number of nitrogens with two attached hydrogens (primary N) is 1. The van der Waals surface area contributed by atoms with E-state index in [0.717, 1.165) is 21.6 Å². The number of rotatable bonds is 32. The molecule has 10 amide bonds. The number of ether oxygens (including phenoxy) is 4. The predicted octanol–water partition coefficient (Wildman–Crippen LogP) is 3.09. The van der Waals surface area contributed by atoms with Gasteiger partial charge in [-0.15, -0.1) is 0 Å². The Labute approximate surface area is 469 Å². The van der Waals surface area contributed by atoms with E-state index in [1.807, 2.05) is 12.1 Å². The van der Waals surface area contributed by atoms with Crippen LogP contribution in [-0.4, -0.2) is 137 Å². The van der Waals surface area contributed by atoms with E-state index in [9.17, 15) is 47.9 Å². The van der Waals surface area contributed by atoms with Crippen molar-refractivity contribution in [3.05, 3.63) is 82.6 Å². The SMILES string of the molecule is COc1cc2c(cc1OCCCOc1nc3c(cc1OC)CN(C(=O)CCC(=O)NCc1ccc(NC(=O)[C@H](CCCNC(N)=O)NC(=O)[C@@H](NC(=O)CCCCCN4C(=O)C=CC4=O)C(C)C)cc1)C3)CN(C(=O)CCC(=O)O)C2. The molecular weight excluding hydrogens is 1050 g/mol. The van der Waals surface area contributed by atoms with E-state index in [1.54, 1.807) is 54.0 Å². The van der Waals surface area contributed by atoms with Gasteiger partial charge in [0.25, 0.3) is 17.7 Å². The number of anilines is 1. The number of fused-ring (bicyclic) bond motifs is 2. The highest BCUT2D eigenvalue weighted by Gasteiger charge is 2.31. The van der Waals surface area contributed by atoms with Crippen molar-refractivity contribution >= 4 is 64.9 Å². The molecule has 2 aromatic carbocycles. The highest BCUT2D eigenvalue weighted by atomic mass is 16.5. The maximum atomic E-state index is 13.6. The number of aromatic nitrogens is 1. The standard InChI is InChI=1S/C56H72N10O15/c1-34(2)52(63-46(68)11-6-5-7-23-66-49(71)18-19-50(66)72)54(76)61-40(10-8-22-58-56(57)77)53(75)60-39-14-12-35(13-15-39)29-59-45(67)16-17-47(69)65-32-38-28-44(79-4)55(62-41(38)33-65)81-25-9-24-80-43-27-37-31-64(48(70)20-21-51(73)74)30-36(37)26-42(43)78-3/h12-15,18-19,26-28,34,40,52H,5-11,16-17,20-25,29-33H2,1-4H3,(H,59,67)(H,60,75)(H,61,76)(H,63,68)(H,73,74)(H3,57,58,77)/t40-,52-/m0/s1. The van der Waals surface area contributed by atoms with Gasteiger partial charge >= 0.3 is 12.0 Å². The number of carboxylic acids is 1. The topological polar surface area (TPSA) is 337 Å². The maximum absolute atomic E-state index is 13.6. The number of methoxy groups -OCH3 is 2. The number of hydrogen-bond donors (Lipinski definition) is 7. The Kier molecular flexibility index (Phi) is 22.8. The Balaban J connectivity index is 0.907. The minimum Gasteiger partial charge on any atom is -0.493 e. The number of urea groups is 1. The molecule has 0 fully saturated rings. The minimum absolute atomic E-state index is 0.0445. The van der Waals surface area contributed by atoms with E-state index in [0.29, 0.717) is 73.0 Å². The van der Waals surface area contributed by atoms with E-state index in [1.165, 1.54) is 26.4 Å². The number of hydrogen-bond acceptors (Lipinski definition) is 15. The lowest BCUT2D eigenvalue weighted by Crippen LogP contribution is -2.54. The molecule has 0 bridgehead atoms. The largest absolute Gasteiger partial charge is 0.493 e. The number of carbonyl (C=O) groups is 10. The summed E-state index contributed by atoms with van der Waals surface area (Å²) >= 11 is 0. The van der Waals surface area contributed by atoms with Gasteiger partial charge in [0.1, 0.15) is 12.1 Å². The van der Waals surface area contributed by atoms with Crippen molar-refractivity contribution in [1.82, 2.24) is 41.0 Å². The zero-order chi connectivity index (χ0) is 58.6. The van der Waals surface area contributed by atoms with E-state index >= 15 is 0 Å². The third kappa shape index (κ3) is 18.4. The van der Waals surface area contributed by atoms with E-state index in [-0.39, 0.29) is 138 Å². The van der Waals surface area contributed by atoms with Gasteiger partial charge in [-0.3, -0.25) is 48.1 Å². The normalized spacial score (nSPS) is 14.0. The monoisotopic (exact) mass is 1120 g/mol. The molecule has 0 aliphatic carbocycles. The van der Waals surface area contributed by atoms with Gasteiger partial charge in [0, 0.05) is 89.2 Å². The highest BCUT2D eigenvalue weighted by Crippen LogP contribution is 2.36. The van der Waals surface area contributed by atoms with Crippen LogP contribution in [0.3, 0.4) is 0 Å². The number of unbranched alkanes of at least 4 members (excludes halogenated alkanes) is 2. The first-order chi connectivity index (χ1) is 38.8. The Morgan fingerprint density at radius 2 is 1.30 bits per heavy atom. The molecule has 3 aromatic rings. The second-order valence-corrected chi connectivity index (χ2v) is 20.0. The van der Waals surface area contributed by atoms with Gasteiger partial charge in [-0.1, -0.05) is 32.4 Å². The molecular formula is C56H72N10O15. The quantitative estimate of drug-likeness (QED) is 0.0349. The smallest absolute Gasteiger partial charge is 0.312 e. The van der Waals surface area contributed by atoms with Crippen LogP contribution in [0.4, 0.5) is 10.5 Å². The lowest BCUT2D eigenvalue weighted by Gasteiger charge is -2.25. The Hall–Kier alpha value is -8.77. The summed E-state index contributed by atoms with van der Waals surface area (Å²) in [7, 11) is 3.02. The van der Waals surface area contributed by atoms with Crippen LogP contribution in [0.25, 0.3) is 0 Å². The van der Waals surface area contributed by atoms with Gasteiger partial charge in [0.2, 0.25) is 35.4 Å². The first-order valence-corrected chi connectivity index (χ1v) is 26.9. The molecule has 0 spiro atoms. The average molecular weight is 1130 g/mol. The van der Waals surface area contributed by atoms with E-state index in [4.69, 9.17) is 29.8 Å². The zero-order valence-electron chi connectivity index (χ0n) is 46.1. The number of nitrogens with one attached hydrogen (secondary N) is 5. The molecule has 6 rings (SSSR count). The van der Waals surface area contributed by atoms with Crippen molar-refractivity contribution in [2.45, 2.75) is 129 Å². The second kappa shape index (κ2) is 30.0. The lowest BCUT2D eigenvalue weighted by atomic mass is 10.0. The van der Waals surface area contributed by atoms with Crippen molar-refractivity contribution in [1.29, 1.82) is 0 Å². The fourth-order valence-electron chi connectivity index (χ4n) is 9.15. The Morgan fingerprint density at radius 3 is 1.95 bits per heavy atom. The zero-order valence-corrected chi connectivity index (χ0v) is 46.1. The average Bonchev–Trinajstić information content (AvgIpc) is 4.40. The van der Waals surface area contributed by atoms with Gasteiger partial charge in [-0.2, -0.15) is 0 Å². The summed E-state index contributed by atoms with van der Waals surface area (Å²) in [6.07, 6.45) is 4.56. The van der Waals surface area contributed by atoms with Crippen LogP contribution in [0.2, 0.25) is 0 Å². The summed E-state index contributed by atoms with van der Waals surface area (Å²) < 4.78 is 23.1. The van der Waals surface area contributed by atoms with Crippen LogP contribution in [0, 0.1) is 5.92 Å². The fraction of sp³-hybridized carbons (Fsp3) is 0.482. The molecule has 4 heterocycles. The predicted molar refractivity (Wildman–Crippen MR) is 291 cm³/mol. The number of benzene rings is 2. The molecule has 81 heavy (non-hydrogen) atoms. The summed E-state index contributed by atoms with van der Waals surface area (Å²) in [4.78, 5) is 134. The number of carboxylic acid groups (broad SMARTS) is 1. The van der Waals surface area contributed by atoms with E-state index < -0.39 is 35.9 Å². The maximum Gasteiger partial charge on any atom is 0.312 e. The molecule has 3 aliphatic rings.